The van der Waals surface area contributed by atoms with Crippen LogP contribution in [-0.2, 0) is 11.8 Å². The van der Waals surface area contributed by atoms with E-state index in [4.69, 9.17) is 0 Å². The van der Waals surface area contributed by atoms with Crippen LogP contribution in [-0.4, -0.2) is 9.97 Å². The van der Waals surface area contributed by atoms with E-state index in [0.29, 0.717) is 0 Å². The smallest absolute Gasteiger partial charge is 0.254 e. The highest BCUT2D eigenvalue weighted by atomic mass is 16.1. The molecule has 1 rings (SSSR count). The Morgan fingerprint density at radius 1 is 1.31 bits per heavy atom. The van der Waals surface area contributed by atoms with Crippen molar-refractivity contribution in [1.29, 1.82) is 0 Å². The first-order chi connectivity index (χ1) is 7.36. The average Bonchev–Trinajstić information content (AvgIpc) is 2.18. The van der Waals surface area contributed by atoms with Crippen molar-refractivity contribution in [3.8, 4) is 0 Å². The van der Waals surface area contributed by atoms with Crippen molar-refractivity contribution in [2.45, 2.75) is 59.3 Å². The lowest BCUT2D eigenvalue weighted by atomic mass is 9.95. The van der Waals surface area contributed by atoms with E-state index in [1.54, 1.807) is 0 Å². The summed E-state index contributed by atoms with van der Waals surface area (Å²) in [5.74, 6) is 0.786. The molecule has 3 heteroatoms. The van der Waals surface area contributed by atoms with Crippen LogP contribution in [0, 0.1) is 6.92 Å². The molecule has 90 valence electrons. The molecule has 16 heavy (non-hydrogen) atoms. The molecule has 0 saturated carbocycles. The van der Waals surface area contributed by atoms with Gasteiger partial charge in [0.25, 0.3) is 5.56 Å². The second kappa shape index (κ2) is 4.81. The molecule has 0 saturated heterocycles. The van der Waals surface area contributed by atoms with Crippen LogP contribution >= 0.6 is 0 Å². The van der Waals surface area contributed by atoms with Gasteiger partial charge in [0.2, 0.25) is 0 Å². The highest BCUT2D eigenvalue weighted by Crippen LogP contribution is 2.18. The van der Waals surface area contributed by atoms with Crippen molar-refractivity contribution < 1.29 is 0 Å². The maximum Gasteiger partial charge on any atom is 0.254 e. The van der Waals surface area contributed by atoms with Gasteiger partial charge >= 0.3 is 0 Å². The second-order valence-corrected chi connectivity index (χ2v) is 5.34. The number of aryl methyl sites for hydroxylation is 1. The Labute approximate surface area is 97.3 Å². The average molecular weight is 222 g/mol. The molecule has 0 aromatic carbocycles. The molecular weight excluding hydrogens is 200 g/mol. The van der Waals surface area contributed by atoms with Crippen molar-refractivity contribution in [2.24, 2.45) is 0 Å². The Hall–Kier alpha value is -1.12. The highest BCUT2D eigenvalue weighted by molar-refractivity contribution is 5.18. The van der Waals surface area contributed by atoms with Crippen LogP contribution in [0.1, 0.15) is 57.6 Å². The molecule has 0 radical (unpaired) electrons. The quantitative estimate of drug-likeness (QED) is 0.854. The second-order valence-electron chi connectivity index (χ2n) is 5.34. The van der Waals surface area contributed by atoms with Crippen molar-refractivity contribution in [1.82, 2.24) is 9.97 Å². The minimum absolute atomic E-state index is 0.00558. The van der Waals surface area contributed by atoms with Gasteiger partial charge in [-0.25, -0.2) is 4.98 Å². The van der Waals surface area contributed by atoms with Crippen LogP contribution < -0.4 is 5.56 Å². The lowest BCUT2D eigenvalue weighted by molar-refractivity contribution is 0.536. The fraction of sp³-hybridized carbons (Fsp3) is 0.692. The number of H-pyrrole nitrogens is 1. The van der Waals surface area contributed by atoms with E-state index in [0.717, 1.165) is 36.3 Å². The SMILES string of the molecule is CCCCc1nc(C(C)(C)C)[nH]c(=O)c1C. The zero-order valence-corrected chi connectivity index (χ0v) is 11.0. The van der Waals surface area contributed by atoms with Crippen LogP contribution in [0.5, 0.6) is 0 Å². The van der Waals surface area contributed by atoms with E-state index in [-0.39, 0.29) is 11.0 Å². The largest absolute Gasteiger partial charge is 0.310 e. The molecule has 0 unspecified atom stereocenters. The van der Waals surface area contributed by atoms with Gasteiger partial charge in [-0.1, -0.05) is 34.1 Å². The van der Waals surface area contributed by atoms with Crippen LogP contribution in [0.2, 0.25) is 0 Å². The van der Waals surface area contributed by atoms with Gasteiger partial charge in [0.1, 0.15) is 5.82 Å². The van der Waals surface area contributed by atoms with Crippen LogP contribution in [0.3, 0.4) is 0 Å². The summed E-state index contributed by atoms with van der Waals surface area (Å²) in [4.78, 5) is 19.2. The van der Waals surface area contributed by atoms with Crippen molar-refractivity contribution in [2.75, 3.05) is 0 Å². The normalized spacial score (nSPS) is 11.8. The standard InChI is InChI=1S/C13H22N2O/c1-6-7-8-10-9(2)11(16)15-12(14-10)13(3,4)5/h6-8H2,1-5H3,(H,14,15,16). The molecule has 0 atom stereocenters. The number of aromatic amines is 1. The third-order valence-corrected chi connectivity index (χ3v) is 2.73. The Bertz CT molecular complexity index is 413. The Balaban J connectivity index is 3.17. The molecule has 1 N–H and O–H groups in total. The summed E-state index contributed by atoms with van der Waals surface area (Å²) in [7, 11) is 0. The van der Waals surface area contributed by atoms with Gasteiger partial charge in [-0.3, -0.25) is 4.79 Å². The highest BCUT2D eigenvalue weighted by Gasteiger charge is 2.18. The molecule has 3 nitrogen and oxygen atoms in total. The van der Waals surface area contributed by atoms with Gasteiger partial charge in [-0.2, -0.15) is 0 Å². The summed E-state index contributed by atoms with van der Waals surface area (Å²) in [5.41, 5.74) is 1.62. The number of nitrogens with zero attached hydrogens (tertiary/aromatic N) is 1. The van der Waals surface area contributed by atoms with E-state index >= 15 is 0 Å². The number of aromatic nitrogens is 2. The van der Waals surface area contributed by atoms with Gasteiger partial charge < -0.3 is 4.98 Å². The van der Waals surface area contributed by atoms with Crippen molar-refractivity contribution in [3.05, 3.63) is 27.4 Å². The maximum absolute atomic E-state index is 11.8. The number of hydrogen-bond donors (Lipinski definition) is 1. The van der Waals surface area contributed by atoms with E-state index in [1.165, 1.54) is 0 Å². The minimum Gasteiger partial charge on any atom is -0.310 e. The number of hydrogen-bond acceptors (Lipinski definition) is 2. The summed E-state index contributed by atoms with van der Waals surface area (Å²) in [6, 6.07) is 0. The Kier molecular flexibility index (Phi) is 3.89. The predicted molar refractivity (Wildman–Crippen MR) is 66.9 cm³/mol. The molecular formula is C13H22N2O. The summed E-state index contributed by atoms with van der Waals surface area (Å²) in [6.45, 7) is 10.2. The lowest BCUT2D eigenvalue weighted by Gasteiger charge is -2.18. The minimum atomic E-state index is -0.103. The van der Waals surface area contributed by atoms with Gasteiger partial charge in [0, 0.05) is 11.0 Å². The molecule has 0 fully saturated rings. The zero-order valence-electron chi connectivity index (χ0n) is 11.0. The molecule has 0 spiro atoms. The Morgan fingerprint density at radius 2 is 1.94 bits per heavy atom. The summed E-state index contributed by atoms with van der Waals surface area (Å²) >= 11 is 0. The molecule has 1 aromatic rings. The van der Waals surface area contributed by atoms with E-state index < -0.39 is 0 Å². The number of nitrogens with one attached hydrogen (secondary N) is 1. The van der Waals surface area contributed by atoms with Gasteiger partial charge in [-0.15, -0.1) is 0 Å². The van der Waals surface area contributed by atoms with Crippen LogP contribution in [0.15, 0.2) is 4.79 Å². The summed E-state index contributed by atoms with van der Waals surface area (Å²) in [5, 5.41) is 0. The van der Waals surface area contributed by atoms with Gasteiger partial charge in [0.15, 0.2) is 0 Å². The molecule has 1 aromatic heterocycles. The van der Waals surface area contributed by atoms with Gasteiger partial charge in [-0.05, 0) is 19.8 Å². The van der Waals surface area contributed by atoms with Crippen LogP contribution in [0.4, 0.5) is 0 Å². The molecule has 0 aliphatic carbocycles. The van der Waals surface area contributed by atoms with E-state index in [2.05, 4.69) is 37.7 Å². The molecule has 0 bridgehead atoms. The molecule has 0 aliphatic heterocycles. The molecule has 0 aliphatic rings. The third-order valence-electron chi connectivity index (χ3n) is 2.73. The van der Waals surface area contributed by atoms with E-state index in [9.17, 15) is 4.79 Å². The molecule has 1 heterocycles. The van der Waals surface area contributed by atoms with Crippen molar-refractivity contribution in [3.63, 3.8) is 0 Å². The third kappa shape index (κ3) is 2.94. The van der Waals surface area contributed by atoms with Crippen molar-refractivity contribution >= 4 is 0 Å². The topological polar surface area (TPSA) is 45.8 Å². The van der Waals surface area contributed by atoms with Crippen LogP contribution in [0.25, 0.3) is 0 Å². The summed E-state index contributed by atoms with van der Waals surface area (Å²) < 4.78 is 0. The first kappa shape index (κ1) is 12.9. The predicted octanol–water partition coefficient (Wildman–Crippen LogP) is 2.72. The van der Waals surface area contributed by atoms with Gasteiger partial charge in [0.05, 0.1) is 5.69 Å². The Morgan fingerprint density at radius 3 is 2.44 bits per heavy atom. The number of rotatable bonds is 3. The lowest BCUT2D eigenvalue weighted by Crippen LogP contribution is -2.25. The zero-order chi connectivity index (χ0) is 12.3. The molecule has 0 amide bonds. The maximum atomic E-state index is 11.8. The first-order valence-corrected chi connectivity index (χ1v) is 5.96. The number of unbranched alkanes of at least 4 members (excludes halogenated alkanes) is 1. The first-order valence-electron chi connectivity index (χ1n) is 5.96. The monoisotopic (exact) mass is 222 g/mol. The fourth-order valence-electron chi connectivity index (χ4n) is 1.52. The fourth-order valence-corrected chi connectivity index (χ4v) is 1.52. The summed E-state index contributed by atoms with van der Waals surface area (Å²) in [6.07, 6.45) is 3.11. The van der Waals surface area contributed by atoms with E-state index in [1.807, 2.05) is 6.92 Å².